The van der Waals surface area contributed by atoms with E-state index >= 15 is 0 Å². The molecule has 0 bridgehead atoms. The number of amides is 2. The number of nitrogens with one attached hydrogen (secondary N) is 5. The number of rotatable bonds is 9. The highest BCUT2D eigenvalue weighted by atomic mass is 35.5. The van der Waals surface area contributed by atoms with Gasteiger partial charge in [-0.25, -0.2) is 10.9 Å². The van der Waals surface area contributed by atoms with Gasteiger partial charge >= 0.3 is 7.12 Å². The number of aliphatic imine (C=N–C) groups is 1. The third-order valence-electron chi connectivity index (χ3n) is 11.7. The summed E-state index contributed by atoms with van der Waals surface area (Å²) in [5.74, 6) is 0.717. The Morgan fingerprint density at radius 2 is 1.80 bits per heavy atom. The van der Waals surface area contributed by atoms with Gasteiger partial charge in [-0.3, -0.25) is 19.5 Å². The fourth-order valence-electron chi connectivity index (χ4n) is 9.30. The molecule has 0 spiro atoms. The standard InChI is InChI=1S/C31H53BClN7O5/c1-17-38-39-30-25(37-29(18-3-6-21(33)7-4-18)23-15-22(45-2)8-10-27(23)40(17)30)16-28(41)34-11-12-35-31(42)26-14-19-13-20(32(43)44)5-9-24(19)36-26/h17-27,30,36,38-39,43-44H,3-16H2,1-2H3,(H,34,41)(H,35,42)/t17?,18?,19?,20?,21?,22?,23?,24?,25-,26?,27?,30?/m0/s1. The minimum atomic E-state index is -1.29. The smallest absolute Gasteiger partial charge is 0.427 e. The van der Waals surface area contributed by atoms with Gasteiger partial charge in [0.1, 0.15) is 0 Å². The van der Waals surface area contributed by atoms with Crippen molar-refractivity contribution in [1.29, 1.82) is 0 Å². The lowest BCUT2D eigenvalue weighted by Crippen LogP contribution is -2.55. The second-order valence-electron chi connectivity index (χ2n) is 14.4. The van der Waals surface area contributed by atoms with E-state index in [0.29, 0.717) is 37.4 Å². The average Bonchev–Trinajstić information content (AvgIpc) is 3.61. The van der Waals surface area contributed by atoms with Crippen molar-refractivity contribution < 1.29 is 24.4 Å². The van der Waals surface area contributed by atoms with Crippen LogP contribution in [0.25, 0.3) is 0 Å². The molecule has 7 N–H and O–H groups in total. The normalized spacial score (nSPS) is 41.7. The highest BCUT2D eigenvalue weighted by Crippen LogP contribution is 2.42. The maximum absolute atomic E-state index is 13.3. The largest absolute Gasteiger partial charge is 0.454 e. The van der Waals surface area contributed by atoms with Crippen LogP contribution in [0.15, 0.2) is 4.99 Å². The van der Waals surface area contributed by atoms with Crippen molar-refractivity contribution in [1.82, 2.24) is 31.7 Å². The number of carbonyl (C=O) groups is 2. The molecule has 5 fully saturated rings. The first kappa shape index (κ1) is 33.6. The first-order chi connectivity index (χ1) is 21.7. The number of hydrogen-bond acceptors (Lipinski definition) is 10. The van der Waals surface area contributed by atoms with Gasteiger partial charge in [0.05, 0.1) is 36.9 Å². The second kappa shape index (κ2) is 14.8. The number of alkyl halides is 1. The topological polar surface area (TPSA) is 160 Å². The van der Waals surface area contributed by atoms with Gasteiger partial charge in [-0.1, -0.05) is 6.42 Å². The summed E-state index contributed by atoms with van der Waals surface area (Å²) >= 11 is 6.51. The molecule has 0 aromatic rings. The molecule has 6 aliphatic rings. The average molecular weight is 650 g/mol. The Morgan fingerprint density at radius 1 is 1.02 bits per heavy atom. The van der Waals surface area contributed by atoms with Crippen LogP contribution < -0.4 is 26.8 Å². The van der Waals surface area contributed by atoms with Gasteiger partial charge in [0.25, 0.3) is 0 Å². The summed E-state index contributed by atoms with van der Waals surface area (Å²) < 4.78 is 5.86. The molecule has 3 aliphatic carbocycles. The highest BCUT2D eigenvalue weighted by Gasteiger charge is 2.50. The molecule has 3 aliphatic heterocycles. The Kier molecular flexibility index (Phi) is 11.1. The monoisotopic (exact) mass is 649 g/mol. The van der Waals surface area contributed by atoms with Gasteiger partial charge in [-0.05, 0) is 88.8 Å². The number of halogens is 1. The van der Waals surface area contributed by atoms with Gasteiger partial charge in [0, 0.05) is 49.3 Å². The van der Waals surface area contributed by atoms with E-state index in [-0.39, 0.29) is 71.9 Å². The van der Waals surface area contributed by atoms with Crippen LogP contribution in [-0.4, -0.2) is 108 Å². The quantitative estimate of drug-likeness (QED) is 0.109. The SMILES string of the molecule is COC1CCC2C(C1)C(C1CCC(Cl)CC1)=N[C@@H](CC(=O)NCCNC(=O)C1CC3CC(B(O)O)CCC3N1)C1NNC(C)N21. The molecule has 14 heteroatoms. The molecule has 9 unspecified atom stereocenters. The number of nitrogens with zero attached hydrogens (tertiary/aromatic N) is 2. The lowest BCUT2D eigenvalue weighted by Gasteiger charge is -2.44. The predicted molar refractivity (Wildman–Crippen MR) is 173 cm³/mol. The number of carbonyl (C=O) groups excluding carboxylic acids is 2. The zero-order chi connectivity index (χ0) is 31.7. The van der Waals surface area contributed by atoms with Crippen LogP contribution in [0.2, 0.25) is 5.82 Å². The molecule has 252 valence electrons. The number of ether oxygens (including phenoxy) is 1. The van der Waals surface area contributed by atoms with Gasteiger partial charge in [0.15, 0.2) is 0 Å². The summed E-state index contributed by atoms with van der Waals surface area (Å²) in [6, 6.07) is 0.0608. The third kappa shape index (κ3) is 7.56. The fourth-order valence-corrected chi connectivity index (χ4v) is 9.55. The van der Waals surface area contributed by atoms with Crippen LogP contribution >= 0.6 is 11.6 Å². The van der Waals surface area contributed by atoms with Crippen molar-refractivity contribution in [3.8, 4) is 0 Å². The second-order valence-corrected chi connectivity index (χ2v) is 15.0. The maximum Gasteiger partial charge on any atom is 0.454 e. The van der Waals surface area contributed by atoms with E-state index in [1.807, 2.05) is 7.11 Å². The van der Waals surface area contributed by atoms with E-state index in [1.54, 1.807) is 0 Å². The Bertz CT molecular complexity index is 1080. The van der Waals surface area contributed by atoms with E-state index in [1.165, 1.54) is 5.71 Å². The highest BCUT2D eigenvalue weighted by molar-refractivity contribution is 6.43. The molecule has 0 radical (unpaired) electrons. The molecule has 45 heavy (non-hydrogen) atoms. The minimum Gasteiger partial charge on any atom is -0.427 e. The Hall–Kier alpha value is -1.32. The lowest BCUT2D eigenvalue weighted by molar-refractivity contribution is -0.124. The number of methoxy groups -OCH3 is 1. The Balaban J connectivity index is 1.06. The van der Waals surface area contributed by atoms with E-state index in [2.05, 4.69) is 38.6 Å². The number of hydrogen-bond donors (Lipinski definition) is 7. The molecular formula is C31H53BClN7O5. The van der Waals surface area contributed by atoms with E-state index in [9.17, 15) is 19.6 Å². The van der Waals surface area contributed by atoms with E-state index < -0.39 is 7.12 Å². The van der Waals surface area contributed by atoms with Gasteiger partial charge < -0.3 is 30.7 Å². The Labute approximate surface area is 272 Å². The fraction of sp³-hybridized carbons (Fsp3) is 0.903. The first-order valence-corrected chi connectivity index (χ1v) is 17.8. The van der Waals surface area contributed by atoms with Crippen LogP contribution in [-0.2, 0) is 14.3 Å². The lowest BCUT2D eigenvalue weighted by atomic mass is 9.61. The molecule has 3 heterocycles. The zero-order valence-electron chi connectivity index (χ0n) is 26.8. The predicted octanol–water partition coefficient (Wildman–Crippen LogP) is 0.869. The van der Waals surface area contributed by atoms with Crippen LogP contribution in [0.3, 0.4) is 0 Å². The molecule has 10 atom stereocenters. The van der Waals surface area contributed by atoms with Crippen molar-refractivity contribution in [2.75, 3.05) is 20.2 Å². The van der Waals surface area contributed by atoms with Gasteiger partial charge in [-0.2, -0.15) is 0 Å². The zero-order valence-corrected chi connectivity index (χ0v) is 27.6. The molecule has 2 saturated heterocycles. The Morgan fingerprint density at radius 3 is 2.56 bits per heavy atom. The van der Waals surface area contributed by atoms with Crippen LogP contribution in [0, 0.1) is 17.8 Å². The summed E-state index contributed by atoms with van der Waals surface area (Å²) in [5.41, 5.74) is 8.16. The number of fused-ring (bicyclic) bond motifs is 4. The maximum atomic E-state index is 13.3. The minimum absolute atomic E-state index is 0.0627. The molecular weight excluding hydrogens is 597 g/mol. The first-order valence-electron chi connectivity index (χ1n) is 17.4. The summed E-state index contributed by atoms with van der Waals surface area (Å²) in [6.45, 7) is 2.88. The van der Waals surface area contributed by atoms with Crippen LogP contribution in [0.4, 0.5) is 0 Å². The van der Waals surface area contributed by atoms with Crippen LogP contribution in [0.5, 0.6) is 0 Å². The van der Waals surface area contributed by atoms with E-state index in [0.717, 1.165) is 64.2 Å². The van der Waals surface area contributed by atoms with Crippen molar-refractivity contribution >= 4 is 36.2 Å². The number of hydrazine groups is 1. The summed E-state index contributed by atoms with van der Waals surface area (Å²) in [6.07, 6.45) is 10.7. The van der Waals surface area contributed by atoms with Crippen molar-refractivity contribution in [3.05, 3.63) is 0 Å². The van der Waals surface area contributed by atoms with Crippen molar-refractivity contribution in [2.45, 2.75) is 138 Å². The van der Waals surface area contributed by atoms with Crippen LogP contribution in [0.1, 0.15) is 84.0 Å². The molecule has 2 amide bonds. The van der Waals surface area contributed by atoms with Gasteiger partial charge in [0.2, 0.25) is 11.8 Å². The molecule has 12 nitrogen and oxygen atoms in total. The van der Waals surface area contributed by atoms with Gasteiger partial charge in [-0.15, -0.1) is 11.6 Å². The summed E-state index contributed by atoms with van der Waals surface area (Å²) in [7, 11) is 0.524. The molecule has 0 aromatic heterocycles. The third-order valence-corrected chi connectivity index (χ3v) is 12.1. The molecule has 0 aromatic carbocycles. The summed E-state index contributed by atoms with van der Waals surface area (Å²) in [4.78, 5) is 34.2. The van der Waals surface area contributed by atoms with Crippen molar-refractivity contribution in [3.63, 3.8) is 0 Å². The summed E-state index contributed by atoms with van der Waals surface area (Å²) in [5, 5.41) is 28.8. The van der Waals surface area contributed by atoms with E-state index in [4.69, 9.17) is 21.3 Å². The molecule has 3 saturated carbocycles. The molecule has 6 rings (SSSR count). The van der Waals surface area contributed by atoms with Crippen molar-refractivity contribution in [2.24, 2.45) is 22.7 Å².